The lowest BCUT2D eigenvalue weighted by molar-refractivity contribution is -0.150. The van der Waals surface area contributed by atoms with Crippen LogP contribution in [0.4, 0.5) is 4.79 Å². The lowest BCUT2D eigenvalue weighted by Crippen LogP contribution is -2.46. The van der Waals surface area contributed by atoms with Gasteiger partial charge in [0.2, 0.25) is 0 Å². The Hall–Kier alpha value is -1.26. The van der Waals surface area contributed by atoms with Crippen molar-refractivity contribution in [1.82, 2.24) is 4.90 Å². The highest BCUT2D eigenvalue weighted by molar-refractivity contribution is 5.88. The van der Waals surface area contributed by atoms with Crippen LogP contribution in [0, 0.1) is 0 Å². The average molecular weight is 229 g/mol. The van der Waals surface area contributed by atoms with E-state index in [1.807, 2.05) is 0 Å². The van der Waals surface area contributed by atoms with E-state index in [0.29, 0.717) is 19.4 Å². The largest absolute Gasteiger partial charge is 0.464 e. The first-order valence-corrected chi connectivity index (χ1v) is 5.55. The molecule has 16 heavy (non-hydrogen) atoms. The van der Waals surface area contributed by atoms with E-state index < -0.39 is 11.6 Å². The van der Waals surface area contributed by atoms with Crippen molar-refractivity contribution in [2.24, 2.45) is 0 Å². The maximum absolute atomic E-state index is 11.7. The van der Waals surface area contributed by atoms with Gasteiger partial charge < -0.3 is 9.47 Å². The molecule has 0 saturated heterocycles. The summed E-state index contributed by atoms with van der Waals surface area (Å²) >= 11 is 0. The van der Waals surface area contributed by atoms with E-state index in [-0.39, 0.29) is 12.1 Å². The van der Waals surface area contributed by atoms with Crippen molar-refractivity contribution >= 4 is 12.1 Å². The van der Waals surface area contributed by atoms with Crippen LogP contribution in [0.25, 0.3) is 0 Å². The normalized spacial score (nSPS) is 16.8. The third-order valence-corrected chi connectivity index (χ3v) is 2.63. The maximum Gasteiger partial charge on any atom is 0.410 e. The number of esters is 1. The van der Waals surface area contributed by atoms with E-state index in [9.17, 15) is 9.59 Å². The predicted octanol–water partition coefficient (Wildman–Crippen LogP) is 1.56. The molecule has 92 valence electrons. The van der Waals surface area contributed by atoms with Crippen LogP contribution in [0.3, 0.4) is 0 Å². The van der Waals surface area contributed by atoms with Gasteiger partial charge in [-0.2, -0.15) is 0 Å². The standard InChI is InChI=1S/C11H19NO4/c1-5-15-9(13)11(6-7-11)12(4)10(14)16-8(2)3/h8H,5-7H2,1-4H3. The molecule has 1 aliphatic carbocycles. The second-order valence-electron chi connectivity index (χ2n) is 4.24. The van der Waals surface area contributed by atoms with Crippen LogP contribution in [0.5, 0.6) is 0 Å². The van der Waals surface area contributed by atoms with Gasteiger partial charge in [0, 0.05) is 7.05 Å². The Morgan fingerprint density at radius 2 is 1.94 bits per heavy atom. The van der Waals surface area contributed by atoms with Crippen molar-refractivity contribution in [2.75, 3.05) is 13.7 Å². The molecular formula is C11H19NO4. The van der Waals surface area contributed by atoms with E-state index in [2.05, 4.69) is 0 Å². The predicted molar refractivity (Wildman–Crippen MR) is 58.0 cm³/mol. The molecule has 0 aromatic carbocycles. The molecule has 0 N–H and O–H groups in total. The van der Waals surface area contributed by atoms with Crippen molar-refractivity contribution in [2.45, 2.75) is 45.3 Å². The van der Waals surface area contributed by atoms with Crippen molar-refractivity contribution in [3.63, 3.8) is 0 Å². The van der Waals surface area contributed by atoms with Crippen molar-refractivity contribution in [3.8, 4) is 0 Å². The number of amides is 1. The van der Waals surface area contributed by atoms with Gasteiger partial charge in [0.05, 0.1) is 12.7 Å². The van der Waals surface area contributed by atoms with Crippen LogP contribution in [0.1, 0.15) is 33.6 Å². The Bertz CT molecular complexity index is 284. The Balaban J connectivity index is 2.62. The number of likely N-dealkylation sites (N-methyl/N-ethyl adjacent to an activating group) is 1. The number of rotatable bonds is 4. The monoisotopic (exact) mass is 229 g/mol. The Morgan fingerprint density at radius 1 is 1.38 bits per heavy atom. The van der Waals surface area contributed by atoms with E-state index in [1.54, 1.807) is 27.8 Å². The Kier molecular flexibility index (Phi) is 3.78. The van der Waals surface area contributed by atoms with Gasteiger partial charge in [-0.05, 0) is 33.6 Å². The summed E-state index contributed by atoms with van der Waals surface area (Å²) in [6, 6.07) is 0. The molecule has 0 radical (unpaired) electrons. The molecule has 0 unspecified atom stereocenters. The molecule has 0 aliphatic heterocycles. The van der Waals surface area contributed by atoms with Crippen molar-refractivity contribution in [3.05, 3.63) is 0 Å². The fourth-order valence-corrected chi connectivity index (χ4v) is 1.52. The summed E-state index contributed by atoms with van der Waals surface area (Å²) in [7, 11) is 1.58. The van der Waals surface area contributed by atoms with E-state index in [4.69, 9.17) is 9.47 Å². The molecule has 1 rings (SSSR count). The van der Waals surface area contributed by atoms with Gasteiger partial charge >= 0.3 is 12.1 Å². The number of nitrogens with zero attached hydrogens (tertiary/aromatic N) is 1. The summed E-state index contributed by atoms with van der Waals surface area (Å²) in [5.41, 5.74) is -0.776. The minimum absolute atomic E-state index is 0.187. The molecule has 1 fully saturated rings. The molecule has 5 heteroatoms. The number of ether oxygens (including phenoxy) is 2. The van der Waals surface area contributed by atoms with Crippen LogP contribution in [-0.2, 0) is 14.3 Å². The van der Waals surface area contributed by atoms with Gasteiger partial charge in [-0.25, -0.2) is 9.59 Å². The fraction of sp³-hybridized carbons (Fsp3) is 0.818. The van der Waals surface area contributed by atoms with Gasteiger partial charge in [-0.3, -0.25) is 4.90 Å². The Labute approximate surface area is 95.7 Å². The first-order chi connectivity index (χ1) is 7.44. The third-order valence-electron chi connectivity index (χ3n) is 2.63. The molecule has 5 nitrogen and oxygen atoms in total. The van der Waals surface area contributed by atoms with E-state index >= 15 is 0 Å². The SMILES string of the molecule is CCOC(=O)C1(N(C)C(=O)OC(C)C)CC1. The minimum atomic E-state index is -0.776. The molecule has 1 aliphatic rings. The van der Waals surface area contributed by atoms with Crippen LogP contribution >= 0.6 is 0 Å². The first-order valence-electron chi connectivity index (χ1n) is 5.55. The highest BCUT2D eigenvalue weighted by Crippen LogP contribution is 2.42. The summed E-state index contributed by atoms with van der Waals surface area (Å²) in [4.78, 5) is 24.7. The molecule has 0 heterocycles. The zero-order valence-electron chi connectivity index (χ0n) is 10.3. The number of hydrogen-bond acceptors (Lipinski definition) is 4. The Morgan fingerprint density at radius 3 is 2.31 bits per heavy atom. The average Bonchev–Trinajstić information content (AvgIpc) is 2.96. The zero-order chi connectivity index (χ0) is 12.3. The van der Waals surface area contributed by atoms with Crippen LogP contribution in [0.15, 0.2) is 0 Å². The van der Waals surface area contributed by atoms with Crippen LogP contribution in [0.2, 0.25) is 0 Å². The zero-order valence-corrected chi connectivity index (χ0v) is 10.3. The van der Waals surface area contributed by atoms with E-state index in [0.717, 1.165) is 0 Å². The topological polar surface area (TPSA) is 55.8 Å². The van der Waals surface area contributed by atoms with Crippen LogP contribution in [-0.4, -0.2) is 42.3 Å². The quantitative estimate of drug-likeness (QED) is 0.686. The summed E-state index contributed by atoms with van der Waals surface area (Å²) in [5.74, 6) is -0.335. The molecule has 1 amide bonds. The van der Waals surface area contributed by atoms with E-state index in [1.165, 1.54) is 4.90 Å². The highest BCUT2D eigenvalue weighted by atomic mass is 16.6. The lowest BCUT2D eigenvalue weighted by atomic mass is 10.2. The number of carbonyl (C=O) groups excluding carboxylic acids is 2. The fourth-order valence-electron chi connectivity index (χ4n) is 1.52. The maximum atomic E-state index is 11.7. The van der Waals surface area contributed by atoms with Crippen molar-refractivity contribution < 1.29 is 19.1 Å². The van der Waals surface area contributed by atoms with Gasteiger partial charge in [0.25, 0.3) is 0 Å². The lowest BCUT2D eigenvalue weighted by Gasteiger charge is -2.26. The number of carbonyl (C=O) groups is 2. The second-order valence-corrected chi connectivity index (χ2v) is 4.24. The highest BCUT2D eigenvalue weighted by Gasteiger charge is 2.57. The summed E-state index contributed by atoms with van der Waals surface area (Å²) in [5, 5.41) is 0. The molecule has 0 aromatic rings. The summed E-state index contributed by atoms with van der Waals surface area (Å²) in [6.45, 7) is 5.62. The molecular weight excluding hydrogens is 210 g/mol. The molecule has 0 spiro atoms. The molecule has 1 saturated carbocycles. The molecule has 0 bridgehead atoms. The third kappa shape index (κ3) is 2.46. The van der Waals surface area contributed by atoms with Crippen LogP contribution < -0.4 is 0 Å². The molecule has 0 aromatic heterocycles. The molecule has 0 atom stereocenters. The van der Waals surface area contributed by atoms with Crippen molar-refractivity contribution in [1.29, 1.82) is 0 Å². The first kappa shape index (κ1) is 12.8. The number of hydrogen-bond donors (Lipinski definition) is 0. The van der Waals surface area contributed by atoms with Gasteiger partial charge in [-0.1, -0.05) is 0 Å². The summed E-state index contributed by atoms with van der Waals surface area (Å²) < 4.78 is 10.0. The smallest absolute Gasteiger partial charge is 0.410 e. The minimum Gasteiger partial charge on any atom is -0.464 e. The van der Waals surface area contributed by atoms with Gasteiger partial charge in [0.1, 0.15) is 5.54 Å². The second kappa shape index (κ2) is 4.72. The van der Waals surface area contributed by atoms with Gasteiger partial charge in [-0.15, -0.1) is 0 Å². The van der Waals surface area contributed by atoms with Gasteiger partial charge in [0.15, 0.2) is 0 Å². The summed E-state index contributed by atoms with van der Waals surface area (Å²) in [6.07, 6.45) is 0.638.